The van der Waals surface area contributed by atoms with Crippen molar-refractivity contribution in [1.82, 2.24) is 9.80 Å². The average Bonchev–Trinajstić information content (AvgIpc) is 2.56. The van der Waals surface area contributed by atoms with Crippen LogP contribution in [0.3, 0.4) is 0 Å². The Kier molecular flexibility index (Phi) is 6.35. The molecule has 1 heterocycles. The Labute approximate surface area is 137 Å². The zero-order valence-corrected chi connectivity index (χ0v) is 13.5. The van der Waals surface area contributed by atoms with Crippen LogP contribution in [0.1, 0.15) is 0 Å². The predicted molar refractivity (Wildman–Crippen MR) is 92.0 cm³/mol. The molecule has 0 saturated carbocycles. The van der Waals surface area contributed by atoms with Gasteiger partial charge in [0.05, 0.1) is 6.54 Å². The third kappa shape index (κ3) is 4.93. The first-order chi connectivity index (χ1) is 11.1. The number of benzene rings is 1. The van der Waals surface area contributed by atoms with Crippen molar-refractivity contribution in [3.63, 3.8) is 0 Å². The molecule has 1 fully saturated rings. The highest BCUT2D eigenvalue weighted by atomic mass is 19.1. The highest BCUT2D eigenvalue weighted by molar-refractivity contribution is 5.78. The van der Waals surface area contributed by atoms with E-state index in [4.69, 9.17) is 0 Å². The Morgan fingerprint density at radius 2 is 1.65 bits per heavy atom. The molecule has 1 aromatic rings. The summed E-state index contributed by atoms with van der Waals surface area (Å²) in [5.74, 6) is -0.123. The number of anilines is 1. The zero-order chi connectivity index (χ0) is 16.7. The molecule has 124 valence electrons. The summed E-state index contributed by atoms with van der Waals surface area (Å²) in [6.45, 7) is 12.2. The molecule has 0 aromatic heterocycles. The summed E-state index contributed by atoms with van der Waals surface area (Å²) in [6, 6.07) is 6.56. The number of piperazine rings is 1. The molecule has 1 aliphatic heterocycles. The van der Waals surface area contributed by atoms with E-state index >= 15 is 0 Å². The second-order valence-electron chi connectivity index (χ2n) is 5.62. The van der Waals surface area contributed by atoms with Gasteiger partial charge in [-0.3, -0.25) is 9.69 Å². The minimum Gasteiger partial charge on any atom is -0.369 e. The lowest BCUT2D eigenvalue weighted by atomic mass is 10.2. The summed E-state index contributed by atoms with van der Waals surface area (Å²) >= 11 is 0. The molecule has 0 atom stereocenters. The number of amides is 1. The van der Waals surface area contributed by atoms with Crippen molar-refractivity contribution < 1.29 is 9.18 Å². The molecule has 4 nitrogen and oxygen atoms in total. The van der Waals surface area contributed by atoms with Crippen LogP contribution < -0.4 is 4.90 Å². The van der Waals surface area contributed by atoms with Crippen LogP contribution in [0.25, 0.3) is 0 Å². The highest BCUT2D eigenvalue weighted by Crippen LogP contribution is 2.16. The van der Waals surface area contributed by atoms with Crippen LogP contribution in [0.15, 0.2) is 49.6 Å². The van der Waals surface area contributed by atoms with E-state index < -0.39 is 0 Å². The van der Waals surface area contributed by atoms with Gasteiger partial charge in [-0.25, -0.2) is 4.39 Å². The monoisotopic (exact) mass is 317 g/mol. The van der Waals surface area contributed by atoms with Gasteiger partial charge in [0.1, 0.15) is 5.82 Å². The summed E-state index contributed by atoms with van der Waals surface area (Å²) in [5.41, 5.74) is 1.03. The molecule has 5 heteroatoms. The van der Waals surface area contributed by atoms with Crippen molar-refractivity contribution in [3.8, 4) is 0 Å². The quantitative estimate of drug-likeness (QED) is 0.721. The largest absolute Gasteiger partial charge is 0.369 e. The van der Waals surface area contributed by atoms with E-state index in [1.54, 1.807) is 29.2 Å². The average molecular weight is 317 g/mol. The number of carbonyl (C=O) groups is 1. The summed E-state index contributed by atoms with van der Waals surface area (Å²) in [4.78, 5) is 18.4. The lowest BCUT2D eigenvalue weighted by Gasteiger charge is -2.36. The van der Waals surface area contributed by atoms with E-state index in [1.165, 1.54) is 12.1 Å². The van der Waals surface area contributed by atoms with Crippen molar-refractivity contribution in [2.45, 2.75) is 0 Å². The highest BCUT2D eigenvalue weighted by Gasteiger charge is 2.21. The van der Waals surface area contributed by atoms with Crippen LogP contribution in [0, 0.1) is 5.82 Å². The number of hydrogen-bond acceptors (Lipinski definition) is 3. The van der Waals surface area contributed by atoms with E-state index in [1.807, 2.05) is 0 Å². The van der Waals surface area contributed by atoms with Crippen molar-refractivity contribution in [1.29, 1.82) is 0 Å². The number of halogens is 1. The minimum atomic E-state index is -0.220. The van der Waals surface area contributed by atoms with E-state index in [-0.39, 0.29) is 11.7 Å². The van der Waals surface area contributed by atoms with Gasteiger partial charge >= 0.3 is 0 Å². The summed E-state index contributed by atoms with van der Waals surface area (Å²) < 4.78 is 13.0. The van der Waals surface area contributed by atoms with Gasteiger partial charge in [0.25, 0.3) is 0 Å². The SMILES string of the molecule is C=CCN(CC=C)C(=O)CN1CCN(c2ccc(F)cc2)CC1. The summed E-state index contributed by atoms with van der Waals surface area (Å²) in [6.07, 6.45) is 3.46. The molecule has 0 aliphatic carbocycles. The first kappa shape index (κ1) is 17.2. The molecule has 2 rings (SSSR count). The van der Waals surface area contributed by atoms with Crippen molar-refractivity contribution in [2.24, 2.45) is 0 Å². The zero-order valence-electron chi connectivity index (χ0n) is 13.5. The third-order valence-corrected chi connectivity index (χ3v) is 3.97. The van der Waals surface area contributed by atoms with E-state index in [9.17, 15) is 9.18 Å². The van der Waals surface area contributed by atoms with Crippen molar-refractivity contribution in [3.05, 3.63) is 55.4 Å². The standard InChI is InChI=1S/C18H24FN3O/c1-3-9-22(10-4-2)18(23)15-20-11-13-21(14-12-20)17-7-5-16(19)6-8-17/h3-8H,1-2,9-15H2. The molecule has 23 heavy (non-hydrogen) atoms. The third-order valence-electron chi connectivity index (χ3n) is 3.97. The van der Waals surface area contributed by atoms with E-state index in [0.29, 0.717) is 19.6 Å². The predicted octanol–water partition coefficient (Wildman–Crippen LogP) is 2.15. The van der Waals surface area contributed by atoms with Crippen molar-refractivity contribution >= 4 is 11.6 Å². The van der Waals surface area contributed by atoms with E-state index in [0.717, 1.165) is 31.9 Å². The normalized spacial score (nSPS) is 15.3. The molecule has 0 bridgehead atoms. The Balaban J connectivity index is 1.84. The number of rotatable bonds is 7. The Bertz CT molecular complexity index is 526. The maximum absolute atomic E-state index is 13.0. The molecule has 1 aliphatic rings. The first-order valence-corrected chi connectivity index (χ1v) is 7.86. The molecular formula is C18H24FN3O. The van der Waals surface area contributed by atoms with E-state index in [2.05, 4.69) is 23.0 Å². The molecule has 0 N–H and O–H groups in total. The molecule has 0 radical (unpaired) electrons. The lowest BCUT2D eigenvalue weighted by molar-refractivity contribution is -0.131. The molecular weight excluding hydrogens is 293 g/mol. The van der Waals surface area contributed by atoms with Gasteiger partial charge in [-0.05, 0) is 24.3 Å². The second-order valence-corrected chi connectivity index (χ2v) is 5.62. The Hall–Kier alpha value is -2.14. The maximum atomic E-state index is 13.0. The number of hydrogen-bond donors (Lipinski definition) is 0. The Morgan fingerprint density at radius 3 is 2.17 bits per heavy atom. The fraction of sp³-hybridized carbons (Fsp3) is 0.389. The van der Waals surface area contributed by atoms with Gasteiger partial charge in [0.15, 0.2) is 0 Å². The molecule has 1 saturated heterocycles. The first-order valence-electron chi connectivity index (χ1n) is 7.86. The van der Waals surface area contributed by atoms with Gasteiger partial charge in [0, 0.05) is 45.0 Å². The van der Waals surface area contributed by atoms with Gasteiger partial charge < -0.3 is 9.80 Å². The molecule has 1 amide bonds. The lowest BCUT2D eigenvalue weighted by Crippen LogP contribution is -2.50. The van der Waals surface area contributed by atoms with Crippen LogP contribution in [-0.4, -0.2) is 61.5 Å². The van der Waals surface area contributed by atoms with Crippen molar-refractivity contribution in [2.75, 3.05) is 50.7 Å². The van der Waals surface area contributed by atoms with Gasteiger partial charge in [-0.1, -0.05) is 12.2 Å². The fourth-order valence-electron chi connectivity index (χ4n) is 2.70. The van der Waals surface area contributed by atoms with Gasteiger partial charge in [0.2, 0.25) is 5.91 Å². The Morgan fingerprint density at radius 1 is 1.09 bits per heavy atom. The fourth-order valence-corrected chi connectivity index (χ4v) is 2.70. The summed E-state index contributed by atoms with van der Waals surface area (Å²) in [5, 5.41) is 0. The van der Waals surface area contributed by atoms with Gasteiger partial charge in [-0.2, -0.15) is 0 Å². The second kappa shape index (κ2) is 8.48. The minimum absolute atomic E-state index is 0.0973. The maximum Gasteiger partial charge on any atom is 0.237 e. The van der Waals surface area contributed by atoms with Crippen LogP contribution in [0.5, 0.6) is 0 Å². The van der Waals surface area contributed by atoms with Crippen LogP contribution in [0.2, 0.25) is 0 Å². The summed E-state index contributed by atoms with van der Waals surface area (Å²) in [7, 11) is 0. The molecule has 1 aromatic carbocycles. The number of carbonyl (C=O) groups excluding carboxylic acids is 1. The molecule has 0 spiro atoms. The molecule has 0 unspecified atom stereocenters. The van der Waals surface area contributed by atoms with Gasteiger partial charge in [-0.15, -0.1) is 13.2 Å². The van der Waals surface area contributed by atoms with Crippen LogP contribution in [-0.2, 0) is 4.79 Å². The number of nitrogens with zero attached hydrogens (tertiary/aromatic N) is 3. The van der Waals surface area contributed by atoms with Crippen LogP contribution >= 0.6 is 0 Å². The smallest absolute Gasteiger partial charge is 0.237 e. The topological polar surface area (TPSA) is 26.8 Å². The van der Waals surface area contributed by atoms with Crippen LogP contribution in [0.4, 0.5) is 10.1 Å².